The van der Waals surface area contributed by atoms with E-state index in [2.05, 4.69) is 20.1 Å². The molecule has 1 aromatic carbocycles. The van der Waals surface area contributed by atoms with Crippen molar-refractivity contribution >= 4 is 40.9 Å². The van der Waals surface area contributed by atoms with E-state index in [9.17, 15) is 9.90 Å². The molecule has 0 radical (unpaired) electrons. The van der Waals surface area contributed by atoms with Crippen molar-refractivity contribution in [2.24, 2.45) is 11.8 Å². The fourth-order valence-electron chi connectivity index (χ4n) is 4.92. The molecule has 0 spiro atoms. The van der Waals surface area contributed by atoms with Crippen molar-refractivity contribution in [1.82, 2.24) is 14.9 Å². The Morgan fingerprint density at radius 3 is 2.80 bits per heavy atom. The van der Waals surface area contributed by atoms with Gasteiger partial charge in [-0.3, -0.25) is 0 Å². The Morgan fingerprint density at radius 1 is 1.29 bits per heavy atom. The number of esters is 1. The Labute approximate surface area is 216 Å². The zero-order valence-corrected chi connectivity index (χ0v) is 21.7. The monoisotopic (exact) mass is 521 g/mol. The van der Waals surface area contributed by atoms with Gasteiger partial charge in [0, 0.05) is 42.4 Å². The van der Waals surface area contributed by atoms with Crippen LogP contribution in [0.1, 0.15) is 48.7 Å². The Balaban J connectivity index is 1.48. The van der Waals surface area contributed by atoms with Crippen LogP contribution in [0.2, 0.25) is 10.0 Å². The third-order valence-corrected chi connectivity index (χ3v) is 7.43. The van der Waals surface area contributed by atoms with E-state index in [-0.39, 0.29) is 24.8 Å². The normalized spacial score (nSPS) is 19.8. The maximum atomic E-state index is 12.6. The summed E-state index contributed by atoms with van der Waals surface area (Å²) in [7, 11) is 0. The first kappa shape index (κ1) is 25.9. The largest absolute Gasteiger partial charge is 0.462 e. The highest BCUT2D eigenvalue weighted by atomic mass is 35.5. The van der Waals surface area contributed by atoms with Crippen LogP contribution in [0, 0.1) is 11.8 Å². The molecule has 10 heteroatoms. The van der Waals surface area contributed by atoms with Crippen LogP contribution in [0.15, 0.2) is 24.4 Å². The molecule has 2 aromatic rings. The number of aromatic nitrogens is 2. The number of aliphatic hydroxyl groups excluding tert-OH is 1. The standard InChI is InChI=1S/C25H33Cl2N5O3/c1-3-35-24(34)21-12-28-25(30-23(21)29-16(2)20-7-6-19(26)11-22(20)27)32-14-18(15-32)17-5-4-8-31(13-17)9-10-33/h6-7,11-12,16-18,33H,3-5,8-10,13-15H2,1-2H3,(H,28,29,30)/t16?,17-/m0/s1. The first-order valence-electron chi connectivity index (χ1n) is 12.2. The third-order valence-electron chi connectivity index (χ3n) is 6.87. The number of likely N-dealkylation sites (tertiary alicyclic amines) is 1. The molecular weight excluding hydrogens is 489 g/mol. The van der Waals surface area contributed by atoms with Crippen molar-refractivity contribution in [3.05, 3.63) is 45.6 Å². The smallest absolute Gasteiger partial charge is 0.343 e. The van der Waals surface area contributed by atoms with Gasteiger partial charge in [-0.2, -0.15) is 4.98 Å². The Morgan fingerprint density at radius 2 is 2.09 bits per heavy atom. The lowest BCUT2D eigenvalue weighted by Crippen LogP contribution is -2.54. The van der Waals surface area contributed by atoms with Gasteiger partial charge in [-0.1, -0.05) is 29.3 Å². The highest BCUT2D eigenvalue weighted by molar-refractivity contribution is 6.35. The fraction of sp³-hybridized carbons (Fsp3) is 0.560. The van der Waals surface area contributed by atoms with Gasteiger partial charge in [0.25, 0.3) is 0 Å². The average molecular weight is 522 g/mol. The summed E-state index contributed by atoms with van der Waals surface area (Å²) >= 11 is 12.4. The summed E-state index contributed by atoms with van der Waals surface area (Å²) in [6.45, 7) is 8.81. The lowest BCUT2D eigenvalue weighted by molar-refractivity contribution is 0.0526. The van der Waals surface area contributed by atoms with Crippen LogP contribution in [0.4, 0.5) is 11.8 Å². The minimum Gasteiger partial charge on any atom is -0.462 e. The quantitative estimate of drug-likeness (QED) is 0.472. The number of ether oxygens (including phenoxy) is 1. The van der Waals surface area contributed by atoms with E-state index >= 15 is 0 Å². The molecule has 0 bridgehead atoms. The van der Waals surface area contributed by atoms with E-state index in [0.717, 1.165) is 38.3 Å². The molecule has 0 saturated carbocycles. The summed E-state index contributed by atoms with van der Waals surface area (Å²) in [6.07, 6.45) is 3.93. The summed E-state index contributed by atoms with van der Waals surface area (Å²) in [6, 6.07) is 5.12. The SMILES string of the molecule is CCOC(=O)c1cnc(N2CC([C@H]3CCCN(CCO)C3)C2)nc1NC(C)c1ccc(Cl)cc1Cl. The highest BCUT2D eigenvalue weighted by Gasteiger charge is 2.37. The van der Waals surface area contributed by atoms with Gasteiger partial charge in [-0.05, 0) is 62.8 Å². The maximum absolute atomic E-state index is 12.6. The van der Waals surface area contributed by atoms with E-state index in [4.69, 9.17) is 32.9 Å². The molecule has 4 rings (SSSR count). The number of β-amino-alcohol motifs (C(OH)–C–C–N with tert-alkyl or cyclic N) is 1. The molecule has 1 unspecified atom stereocenters. The average Bonchev–Trinajstić information content (AvgIpc) is 2.79. The first-order chi connectivity index (χ1) is 16.9. The number of rotatable bonds is 9. The summed E-state index contributed by atoms with van der Waals surface area (Å²) in [5.74, 6) is 1.74. The van der Waals surface area contributed by atoms with E-state index in [1.165, 1.54) is 19.0 Å². The van der Waals surface area contributed by atoms with Crippen molar-refractivity contribution in [2.75, 3.05) is 56.2 Å². The summed E-state index contributed by atoms with van der Waals surface area (Å²) < 4.78 is 5.22. The first-order valence-corrected chi connectivity index (χ1v) is 13.0. The van der Waals surface area contributed by atoms with Crippen LogP contribution in [-0.4, -0.2) is 71.9 Å². The molecule has 0 aliphatic carbocycles. The number of nitrogens with zero attached hydrogens (tertiary/aromatic N) is 4. The van der Waals surface area contributed by atoms with Gasteiger partial charge in [0.15, 0.2) is 0 Å². The fourth-order valence-corrected chi connectivity index (χ4v) is 5.50. The number of anilines is 2. The van der Waals surface area contributed by atoms with E-state index in [1.54, 1.807) is 19.1 Å². The van der Waals surface area contributed by atoms with Crippen LogP contribution in [0.5, 0.6) is 0 Å². The van der Waals surface area contributed by atoms with Crippen molar-refractivity contribution in [3.63, 3.8) is 0 Å². The predicted octanol–water partition coefficient (Wildman–Crippen LogP) is 4.27. The number of carbonyl (C=O) groups excluding carboxylic acids is 1. The predicted molar refractivity (Wildman–Crippen MR) is 138 cm³/mol. The van der Waals surface area contributed by atoms with Gasteiger partial charge >= 0.3 is 5.97 Å². The molecule has 0 amide bonds. The van der Waals surface area contributed by atoms with Crippen LogP contribution in [-0.2, 0) is 4.74 Å². The van der Waals surface area contributed by atoms with Gasteiger partial charge in [0.05, 0.1) is 19.3 Å². The number of nitrogens with one attached hydrogen (secondary N) is 1. The second-order valence-electron chi connectivity index (χ2n) is 9.28. The Kier molecular flexibility index (Phi) is 8.70. The molecule has 190 valence electrons. The summed E-state index contributed by atoms with van der Waals surface area (Å²) in [5.41, 5.74) is 1.14. The van der Waals surface area contributed by atoms with Gasteiger partial charge < -0.3 is 25.0 Å². The molecule has 2 aliphatic rings. The number of carbonyl (C=O) groups is 1. The Hall–Kier alpha value is -2.13. The van der Waals surface area contributed by atoms with Crippen molar-refractivity contribution in [2.45, 2.75) is 32.7 Å². The maximum Gasteiger partial charge on any atom is 0.343 e. The molecule has 2 fully saturated rings. The van der Waals surface area contributed by atoms with Gasteiger partial charge in [0.2, 0.25) is 5.95 Å². The minimum absolute atomic E-state index is 0.208. The molecular formula is C25H33Cl2N5O3. The van der Waals surface area contributed by atoms with Crippen molar-refractivity contribution in [3.8, 4) is 0 Å². The molecule has 2 N–H and O–H groups in total. The van der Waals surface area contributed by atoms with Crippen LogP contribution < -0.4 is 10.2 Å². The number of hydrogen-bond acceptors (Lipinski definition) is 8. The molecule has 3 heterocycles. The van der Waals surface area contributed by atoms with Crippen molar-refractivity contribution in [1.29, 1.82) is 0 Å². The lowest BCUT2D eigenvalue weighted by Gasteiger charge is -2.46. The third kappa shape index (κ3) is 6.17. The van der Waals surface area contributed by atoms with E-state index < -0.39 is 5.97 Å². The summed E-state index contributed by atoms with van der Waals surface area (Å²) in [5, 5.41) is 13.7. The Bertz CT molecular complexity index is 1030. The number of hydrogen-bond donors (Lipinski definition) is 2. The zero-order valence-electron chi connectivity index (χ0n) is 20.2. The van der Waals surface area contributed by atoms with Gasteiger partial charge in [-0.25, -0.2) is 9.78 Å². The molecule has 8 nitrogen and oxygen atoms in total. The van der Waals surface area contributed by atoms with Gasteiger partial charge in [-0.15, -0.1) is 0 Å². The molecule has 2 atom stereocenters. The lowest BCUT2D eigenvalue weighted by atomic mass is 9.81. The second-order valence-corrected chi connectivity index (χ2v) is 10.1. The van der Waals surface area contributed by atoms with Crippen LogP contribution >= 0.6 is 23.2 Å². The van der Waals surface area contributed by atoms with Crippen LogP contribution in [0.25, 0.3) is 0 Å². The zero-order chi connectivity index (χ0) is 24.9. The van der Waals surface area contributed by atoms with Gasteiger partial charge in [0.1, 0.15) is 11.4 Å². The van der Waals surface area contributed by atoms with E-state index in [1.807, 2.05) is 13.0 Å². The minimum atomic E-state index is -0.469. The molecule has 35 heavy (non-hydrogen) atoms. The topological polar surface area (TPSA) is 90.8 Å². The molecule has 1 aromatic heterocycles. The number of benzene rings is 1. The van der Waals surface area contributed by atoms with Crippen molar-refractivity contribution < 1.29 is 14.6 Å². The number of aliphatic hydroxyl groups is 1. The number of halogens is 2. The van der Waals surface area contributed by atoms with E-state index in [0.29, 0.717) is 33.6 Å². The summed E-state index contributed by atoms with van der Waals surface area (Å²) in [4.78, 5) is 26.3. The van der Waals surface area contributed by atoms with Crippen LogP contribution in [0.3, 0.4) is 0 Å². The number of piperidine rings is 1. The highest BCUT2D eigenvalue weighted by Crippen LogP contribution is 2.34. The molecule has 2 saturated heterocycles. The second kappa shape index (κ2) is 11.7. The molecule has 2 aliphatic heterocycles.